The Morgan fingerprint density at radius 1 is 1.07 bits per heavy atom. The van der Waals surface area contributed by atoms with Gasteiger partial charge in [0.15, 0.2) is 4.34 Å². The monoisotopic (exact) mass is 412 g/mol. The van der Waals surface area contributed by atoms with Crippen molar-refractivity contribution in [1.29, 1.82) is 0 Å². The summed E-state index contributed by atoms with van der Waals surface area (Å²) in [5.74, 6) is 0.116. The molecule has 1 aromatic heterocycles. The molecule has 3 aromatic rings. The molecule has 0 aliphatic heterocycles. The van der Waals surface area contributed by atoms with E-state index in [1.807, 2.05) is 67.3 Å². The lowest BCUT2D eigenvalue weighted by Crippen LogP contribution is -2.35. The molecule has 3 rings (SSSR count). The molecule has 146 valence electrons. The first-order valence-corrected chi connectivity index (χ1v) is 11.0. The lowest BCUT2D eigenvalue weighted by atomic mass is 10.2. The van der Waals surface area contributed by atoms with Crippen molar-refractivity contribution in [1.82, 2.24) is 15.1 Å². The van der Waals surface area contributed by atoms with Gasteiger partial charge in [-0.3, -0.25) is 4.79 Å². The molecule has 5 nitrogen and oxygen atoms in total. The van der Waals surface area contributed by atoms with Crippen LogP contribution in [0, 0.1) is 0 Å². The maximum absolute atomic E-state index is 12.8. The molecule has 0 spiro atoms. The number of hydrogen-bond donors (Lipinski definition) is 1. The molecular weight excluding hydrogens is 388 g/mol. The summed E-state index contributed by atoms with van der Waals surface area (Å²) in [5, 5.41) is 12.2. The van der Waals surface area contributed by atoms with Crippen LogP contribution in [0.1, 0.15) is 25.0 Å². The molecule has 0 saturated heterocycles. The zero-order valence-electron chi connectivity index (χ0n) is 16.0. The molecule has 1 unspecified atom stereocenters. The van der Waals surface area contributed by atoms with Gasteiger partial charge >= 0.3 is 0 Å². The summed E-state index contributed by atoms with van der Waals surface area (Å²) in [7, 11) is 0. The van der Waals surface area contributed by atoms with Gasteiger partial charge in [-0.1, -0.05) is 83.8 Å². The number of carbonyl (C=O) groups excluding carboxylic acids is 1. The van der Waals surface area contributed by atoms with E-state index in [9.17, 15) is 4.79 Å². The van der Waals surface area contributed by atoms with Crippen LogP contribution in [0.5, 0.6) is 0 Å². The van der Waals surface area contributed by atoms with Gasteiger partial charge in [-0.15, -0.1) is 10.2 Å². The number of hydrogen-bond acceptors (Lipinski definition) is 6. The lowest BCUT2D eigenvalue weighted by Gasteiger charge is -2.23. The highest BCUT2D eigenvalue weighted by Crippen LogP contribution is 2.30. The van der Waals surface area contributed by atoms with E-state index < -0.39 is 0 Å². The molecule has 1 N–H and O–H groups in total. The van der Waals surface area contributed by atoms with E-state index in [0.29, 0.717) is 19.6 Å². The lowest BCUT2D eigenvalue weighted by molar-refractivity contribution is -0.130. The van der Waals surface area contributed by atoms with Crippen molar-refractivity contribution in [2.45, 2.75) is 36.5 Å². The van der Waals surface area contributed by atoms with Crippen LogP contribution in [0.25, 0.3) is 0 Å². The van der Waals surface area contributed by atoms with Gasteiger partial charge in [-0.2, -0.15) is 0 Å². The zero-order chi connectivity index (χ0) is 19.8. The molecule has 28 heavy (non-hydrogen) atoms. The molecule has 1 amide bonds. The number of nitrogens with zero attached hydrogens (tertiary/aromatic N) is 3. The van der Waals surface area contributed by atoms with E-state index in [2.05, 4.69) is 27.6 Å². The first kappa shape index (κ1) is 20.4. The van der Waals surface area contributed by atoms with Crippen molar-refractivity contribution in [3.8, 4) is 0 Å². The van der Waals surface area contributed by atoms with Gasteiger partial charge in [0.25, 0.3) is 0 Å². The van der Waals surface area contributed by atoms with Gasteiger partial charge in [0.1, 0.15) is 0 Å². The Kier molecular flexibility index (Phi) is 7.45. The van der Waals surface area contributed by atoms with Gasteiger partial charge in [0, 0.05) is 19.6 Å². The van der Waals surface area contributed by atoms with E-state index in [-0.39, 0.29) is 11.2 Å². The number of carbonyl (C=O) groups is 1. The number of thioether (sulfide) groups is 1. The summed E-state index contributed by atoms with van der Waals surface area (Å²) < 4.78 is 0.798. The first-order chi connectivity index (χ1) is 13.7. The van der Waals surface area contributed by atoms with Gasteiger partial charge in [0.2, 0.25) is 11.0 Å². The Balaban J connectivity index is 1.54. The van der Waals surface area contributed by atoms with Crippen LogP contribution in [-0.2, 0) is 17.9 Å². The molecule has 0 fully saturated rings. The molecule has 7 heteroatoms. The number of amides is 1. The van der Waals surface area contributed by atoms with Crippen molar-refractivity contribution in [2.24, 2.45) is 0 Å². The van der Waals surface area contributed by atoms with Crippen LogP contribution < -0.4 is 5.32 Å². The summed E-state index contributed by atoms with van der Waals surface area (Å²) in [6, 6.07) is 20.2. The molecule has 0 radical (unpaired) electrons. The van der Waals surface area contributed by atoms with E-state index in [0.717, 1.165) is 15.0 Å². The molecular formula is C21H24N4OS2. The molecule has 1 atom stereocenters. The number of rotatable bonds is 9. The third-order valence-corrected chi connectivity index (χ3v) is 6.28. The molecule has 0 aliphatic rings. The van der Waals surface area contributed by atoms with Crippen molar-refractivity contribution in [3.63, 3.8) is 0 Å². The van der Waals surface area contributed by atoms with Crippen LogP contribution >= 0.6 is 23.1 Å². The Morgan fingerprint density at radius 3 is 2.36 bits per heavy atom. The smallest absolute Gasteiger partial charge is 0.236 e. The van der Waals surface area contributed by atoms with Crippen molar-refractivity contribution in [2.75, 3.05) is 11.9 Å². The Bertz CT molecular complexity index is 870. The van der Waals surface area contributed by atoms with Gasteiger partial charge in [-0.25, -0.2) is 0 Å². The maximum Gasteiger partial charge on any atom is 0.236 e. The van der Waals surface area contributed by atoms with Gasteiger partial charge in [0.05, 0.1) is 5.25 Å². The SMILES string of the molecule is CCN(Cc1ccccc1)C(=O)C(C)Sc1nnc(NCc2ccccc2)s1. The minimum Gasteiger partial charge on any atom is -0.356 e. The summed E-state index contributed by atoms with van der Waals surface area (Å²) in [4.78, 5) is 14.7. The van der Waals surface area contributed by atoms with Crippen LogP contribution in [0.3, 0.4) is 0 Å². The average molecular weight is 413 g/mol. The maximum atomic E-state index is 12.8. The fourth-order valence-corrected chi connectivity index (χ4v) is 4.69. The van der Waals surface area contributed by atoms with Crippen LogP contribution in [0.4, 0.5) is 5.13 Å². The molecule has 1 heterocycles. The number of benzene rings is 2. The normalized spacial score (nSPS) is 11.8. The molecule has 0 saturated carbocycles. The minimum absolute atomic E-state index is 0.116. The fourth-order valence-electron chi connectivity index (χ4n) is 2.71. The topological polar surface area (TPSA) is 58.1 Å². The Morgan fingerprint density at radius 2 is 1.71 bits per heavy atom. The van der Waals surface area contributed by atoms with Crippen LogP contribution in [-0.4, -0.2) is 32.8 Å². The molecule has 0 bridgehead atoms. The standard InChI is InChI=1S/C21H24N4OS2/c1-3-25(15-18-12-8-5-9-13-18)19(26)16(2)27-21-24-23-20(28-21)22-14-17-10-6-4-7-11-17/h4-13,16H,3,14-15H2,1-2H3,(H,22,23). The predicted molar refractivity (Wildman–Crippen MR) is 117 cm³/mol. The van der Waals surface area contributed by atoms with Crippen molar-refractivity contribution in [3.05, 3.63) is 71.8 Å². The second kappa shape index (κ2) is 10.2. The second-order valence-electron chi connectivity index (χ2n) is 6.31. The average Bonchev–Trinajstić information content (AvgIpc) is 3.18. The summed E-state index contributed by atoms with van der Waals surface area (Å²) in [6.45, 7) is 5.95. The summed E-state index contributed by atoms with van der Waals surface area (Å²) >= 11 is 2.94. The highest BCUT2D eigenvalue weighted by atomic mass is 32.2. The first-order valence-electron chi connectivity index (χ1n) is 9.26. The van der Waals surface area contributed by atoms with Crippen LogP contribution in [0.2, 0.25) is 0 Å². The number of anilines is 1. The fraction of sp³-hybridized carbons (Fsp3) is 0.286. The van der Waals surface area contributed by atoms with Crippen LogP contribution in [0.15, 0.2) is 65.0 Å². The van der Waals surface area contributed by atoms with Crippen molar-refractivity contribution < 1.29 is 4.79 Å². The second-order valence-corrected chi connectivity index (χ2v) is 8.88. The van der Waals surface area contributed by atoms with E-state index in [1.165, 1.54) is 28.7 Å². The molecule has 2 aromatic carbocycles. The van der Waals surface area contributed by atoms with Gasteiger partial charge in [-0.05, 0) is 25.0 Å². The van der Waals surface area contributed by atoms with Crippen molar-refractivity contribution >= 4 is 34.1 Å². The highest BCUT2D eigenvalue weighted by Gasteiger charge is 2.22. The number of nitrogens with one attached hydrogen (secondary N) is 1. The quantitative estimate of drug-likeness (QED) is 0.517. The third-order valence-electron chi connectivity index (χ3n) is 4.23. The Labute approximate surface area is 174 Å². The number of aromatic nitrogens is 2. The minimum atomic E-state index is -0.210. The Hall–Kier alpha value is -2.38. The zero-order valence-corrected chi connectivity index (χ0v) is 17.7. The summed E-state index contributed by atoms with van der Waals surface area (Å²) in [5.41, 5.74) is 2.33. The third kappa shape index (κ3) is 5.81. The predicted octanol–water partition coefficient (Wildman–Crippen LogP) is 4.68. The van der Waals surface area contributed by atoms with E-state index in [1.54, 1.807) is 0 Å². The van der Waals surface area contributed by atoms with E-state index >= 15 is 0 Å². The van der Waals surface area contributed by atoms with Gasteiger partial charge < -0.3 is 10.2 Å². The highest BCUT2D eigenvalue weighted by molar-refractivity contribution is 8.02. The van der Waals surface area contributed by atoms with E-state index in [4.69, 9.17) is 0 Å². The largest absolute Gasteiger partial charge is 0.356 e. The summed E-state index contributed by atoms with van der Waals surface area (Å²) in [6.07, 6.45) is 0. The molecule has 0 aliphatic carbocycles.